The van der Waals surface area contributed by atoms with Crippen LogP contribution in [0.5, 0.6) is 5.75 Å². The number of hydrogen-bond acceptors (Lipinski definition) is 6. The predicted molar refractivity (Wildman–Crippen MR) is 149 cm³/mol. The molecule has 0 spiro atoms. The maximum atomic E-state index is 12.4. The van der Waals surface area contributed by atoms with Crippen LogP contribution in [0, 0.1) is 0 Å². The first-order valence-electron chi connectivity index (χ1n) is 13.4. The molecule has 1 unspecified atom stereocenters. The fraction of sp³-hybridized carbons (Fsp3) is 0.387. The Morgan fingerprint density at radius 2 is 1.79 bits per heavy atom. The fourth-order valence-corrected chi connectivity index (χ4v) is 4.19. The third kappa shape index (κ3) is 8.74. The van der Waals surface area contributed by atoms with Gasteiger partial charge in [0.15, 0.2) is 0 Å². The summed E-state index contributed by atoms with van der Waals surface area (Å²) >= 11 is 0. The SMILES string of the molecule is CC(C)(C)OC(=O)N1CCC1COc1cncc(-c2cccc(CCCNC(=O)OCc3ccccc3)c2)c1. The zero-order chi connectivity index (χ0) is 27.7. The van der Waals surface area contributed by atoms with Crippen LogP contribution in [0.15, 0.2) is 73.1 Å². The highest BCUT2D eigenvalue weighted by Gasteiger charge is 2.35. The number of benzene rings is 2. The van der Waals surface area contributed by atoms with Crippen molar-refractivity contribution in [3.05, 3.63) is 84.2 Å². The second kappa shape index (κ2) is 13.1. The highest BCUT2D eigenvalue weighted by Crippen LogP contribution is 2.26. The Balaban J connectivity index is 1.23. The minimum absolute atomic E-state index is 0.00364. The highest BCUT2D eigenvalue weighted by molar-refractivity contribution is 5.69. The molecule has 8 nitrogen and oxygen atoms in total. The number of alkyl carbamates (subject to hydrolysis) is 1. The van der Waals surface area contributed by atoms with Crippen molar-refractivity contribution in [2.24, 2.45) is 0 Å². The maximum absolute atomic E-state index is 12.4. The van der Waals surface area contributed by atoms with E-state index in [9.17, 15) is 9.59 Å². The molecule has 8 heteroatoms. The number of rotatable bonds is 10. The van der Waals surface area contributed by atoms with Crippen molar-refractivity contribution in [1.82, 2.24) is 15.2 Å². The van der Waals surface area contributed by atoms with Gasteiger partial charge in [-0.3, -0.25) is 4.98 Å². The number of carbonyl (C=O) groups excluding carboxylic acids is 2. The predicted octanol–water partition coefficient (Wildman–Crippen LogP) is 6.00. The van der Waals surface area contributed by atoms with Crippen LogP contribution in [0.4, 0.5) is 9.59 Å². The molecule has 1 N–H and O–H groups in total. The molecule has 1 aromatic heterocycles. The van der Waals surface area contributed by atoms with Gasteiger partial charge >= 0.3 is 12.2 Å². The van der Waals surface area contributed by atoms with Gasteiger partial charge in [-0.1, -0.05) is 54.6 Å². The summed E-state index contributed by atoms with van der Waals surface area (Å²) in [6, 6.07) is 19.8. The summed E-state index contributed by atoms with van der Waals surface area (Å²) in [5.41, 5.74) is 3.60. The first-order valence-corrected chi connectivity index (χ1v) is 13.4. The third-order valence-corrected chi connectivity index (χ3v) is 6.31. The molecule has 4 rings (SSSR count). The summed E-state index contributed by atoms with van der Waals surface area (Å²) in [6.45, 7) is 7.46. The molecule has 0 radical (unpaired) electrons. The van der Waals surface area contributed by atoms with Crippen molar-refractivity contribution in [3.63, 3.8) is 0 Å². The Morgan fingerprint density at radius 3 is 2.54 bits per heavy atom. The molecule has 2 heterocycles. The van der Waals surface area contributed by atoms with Gasteiger partial charge in [0.2, 0.25) is 0 Å². The van der Waals surface area contributed by atoms with E-state index in [1.807, 2.05) is 75.5 Å². The Labute approximate surface area is 230 Å². The summed E-state index contributed by atoms with van der Waals surface area (Å²) in [6.07, 6.45) is 5.28. The van der Waals surface area contributed by atoms with E-state index in [-0.39, 0.29) is 18.7 Å². The van der Waals surface area contributed by atoms with E-state index in [1.54, 1.807) is 11.1 Å². The average Bonchev–Trinajstić information content (AvgIpc) is 2.89. The van der Waals surface area contributed by atoms with E-state index >= 15 is 0 Å². The van der Waals surface area contributed by atoms with Gasteiger partial charge in [-0.05, 0) is 62.8 Å². The molecular formula is C31H37N3O5. The molecular weight excluding hydrogens is 494 g/mol. The van der Waals surface area contributed by atoms with Crippen molar-refractivity contribution in [2.75, 3.05) is 19.7 Å². The Bertz CT molecular complexity index is 1240. The first kappa shape index (κ1) is 28.0. The number of nitrogens with zero attached hydrogens (tertiary/aromatic N) is 2. The van der Waals surface area contributed by atoms with E-state index < -0.39 is 11.7 Å². The molecule has 0 aliphatic carbocycles. The minimum Gasteiger partial charge on any atom is -0.490 e. The maximum Gasteiger partial charge on any atom is 0.410 e. The van der Waals surface area contributed by atoms with Crippen LogP contribution in [-0.4, -0.2) is 53.4 Å². The number of nitrogens with one attached hydrogen (secondary N) is 1. The van der Waals surface area contributed by atoms with E-state index in [0.29, 0.717) is 25.4 Å². The van der Waals surface area contributed by atoms with Gasteiger partial charge in [-0.2, -0.15) is 0 Å². The zero-order valence-electron chi connectivity index (χ0n) is 22.9. The number of amides is 2. The summed E-state index contributed by atoms with van der Waals surface area (Å²) < 4.78 is 16.7. The zero-order valence-corrected chi connectivity index (χ0v) is 22.9. The van der Waals surface area contributed by atoms with Crippen LogP contribution < -0.4 is 10.1 Å². The lowest BCUT2D eigenvalue weighted by molar-refractivity contribution is -0.0141. The summed E-state index contributed by atoms with van der Waals surface area (Å²) in [7, 11) is 0. The van der Waals surface area contributed by atoms with Crippen LogP contribution >= 0.6 is 0 Å². The van der Waals surface area contributed by atoms with Crippen molar-refractivity contribution in [3.8, 4) is 16.9 Å². The molecule has 2 amide bonds. The number of pyridine rings is 1. The van der Waals surface area contributed by atoms with Crippen LogP contribution in [0.1, 0.15) is 44.7 Å². The van der Waals surface area contributed by atoms with E-state index in [1.165, 1.54) is 5.56 Å². The lowest BCUT2D eigenvalue weighted by Gasteiger charge is -2.40. The molecule has 1 saturated heterocycles. The van der Waals surface area contributed by atoms with Crippen LogP contribution in [0.3, 0.4) is 0 Å². The monoisotopic (exact) mass is 531 g/mol. The van der Waals surface area contributed by atoms with Crippen LogP contribution in [0.25, 0.3) is 11.1 Å². The Morgan fingerprint density at radius 1 is 1.00 bits per heavy atom. The summed E-state index contributed by atoms with van der Waals surface area (Å²) in [5, 5.41) is 2.81. The Kier molecular flexibility index (Phi) is 9.41. The highest BCUT2D eigenvalue weighted by atomic mass is 16.6. The van der Waals surface area contributed by atoms with Crippen molar-refractivity contribution < 1.29 is 23.8 Å². The van der Waals surface area contributed by atoms with E-state index in [2.05, 4.69) is 22.4 Å². The lowest BCUT2D eigenvalue weighted by atomic mass is 10.0. The van der Waals surface area contributed by atoms with Crippen LogP contribution in [-0.2, 0) is 22.5 Å². The number of aromatic nitrogens is 1. The van der Waals surface area contributed by atoms with E-state index in [4.69, 9.17) is 14.2 Å². The minimum atomic E-state index is -0.518. The number of hydrogen-bond donors (Lipinski definition) is 1. The second-order valence-corrected chi connectivity index (χ2v) is 10.6. The van der Waals surface area contributed by atoms with Gasteiger partial charge in [-0.15, -0.1) is 0 Å². The third-order valence-electron chi connectivity index (χ3n) is 6.31. The molecule has 3 aromatic rings. The molecule has 39 heavy (non-hydrogen) atoms. The molecule has 1 aliphatic rings. The number of likely N-dealkylation sites (tertiary alicyclic amines) is 1. The quantitative estimate of drug-likeness (QED) is 0.323. The van der Waals surface area contributed by atoms with Crippen molar-refractivity contribution in [1.29, 1.82) is 0 Å². The van der Waals surface area contributed by atoms with Gasteiger partial charge < -0.3 is 24.4 Å². The Hall–Kier alpha value is -4.07. The smallest absolute Gasteiger partial charge is 0.410 e. The molecule has 0 bridgehead atoms. The largest absolute Gasteiger partial charge is 0.490 e. The molecule has 1 fully saturated rings. The van der Waals surface area contributed by atoms with Crippen molar-refractivity contribution in [2.45, 2.75) is 58.3 Å². The lowest BCUT2D eigenvalue weighted by Crippen LogP contribution is -2.55. The van der Waals surface area contributed by atoms with Gasteiger partial charge in [0.1, 0.15) is 24.6 Å². The molecule has 1 aliphatic heterocycles. The number of ether oxygens (including phenoxy) is 3. The molecule has 2 aromatic carbocycles. The topological polar surface area (TPSA) is 90.0 Å². The van der Waals surface area contributed by atoms with Gasteiger partial charge in [-0.25, -0.2) is 9.59 Å². The molecule has 0 saturated carbocycles. The normalized spacial score (nSPS) is 14.7. The number of aryl methyl sites for hydroxylation is 1. The molecule has 206 valence electrons. The van der Waals surface area contributed by atoms with Gasteiger partial charge in [0, 0.05) is 24.8 Å². The van der Waals surface area contributed by atoms with E-state index in [0.717, 1.165) is 36.0 Å². The number of carbonyl (C=O) groups is 2. The van der Waals surface area contributed by atoms with Gasteiger partial charge in [0.25, 0.3) is 0 Å². The van der Waals surface area contributed by atoms with Gasteiger partial charge in [0.05, 0.1) is 12.2 Å². The van der Waals surface area contributed by atoms with Crippen LogP contribution in [0.2, 0.25) is 0 Å². The molecule has 1 atom stereocenters. The fourth-order valence-electron chi connectivity index (χ4n) is 4.19. The van der Waals surface area contributed by atoms with Crippen molar-refractivity contribution >= 4 is 12.2 Å². The standard InChI is InChI=1S/C31H37N3O5/c1-31(2,3)39-30(36)34-16-14-27(34)22-37-28-18-26(19-32-20-28)25-13-7-11-23(17-25)12-8-15-33-29(35)38-21-24-9-5-4-6-10-24/h4-7,9-11,13,17-20,27H,8,12,14-16,21-22H2,1-3H3,(H,33,35). The second-order valence-electron chi connectivity index (χ2n) is 10.6. The summed E-state index contributed by atoms with van der Waals surface area (Å²) in [5.74, 6) is 0.659. The average molecular weight is 532 g/mol. The summed E-state index contributed by atoms with van der Waals surface area (Å²) in [4.78, 5) is 30.4. The first-order chi connectivity index (χ1) is 18.8.